The van der Waals surface area contributed by atoms with E-state index in [-0.39, 0.29) is 17.5 Å². The van der Waals surface area contributed by atoms with E-state index in [1.165, 1.54) is 6.07 Å². The normalized spacial score (nSPS) is 17.9. The van der Waals surface area contributed by atoms with Gasteiger partial charge >= 0.3 is 0 Å². The Balaban J connectivity index is 2.04. The maximum absolute atomic E-state index is 14.0. The molecule has 0 N–H and O–H groups in total. The van der Waals surface area contributed by atoms with Gasteiger partial charge in [-0.3, -0.25) is 9.78 Å². The van der Waals surface area contributed by atoms with Crippen LogP contribution in [0.15, 0.2) is 30.5 Å². The van der Waals surface area contributed by atoms with Crippen LogP contribution in [0, 0.1) is 19.7 Å². The fourth-order valence-electron chi connectivity index (χ4n) is 2.98. The third-order valence-electron chi connectivity index (χ3n) is 3.98. The summed E-state index contributed by atoms with van der Waals surface area (Å²) in [6.45, 7) is 3.86. The predicted octanol–water partition coefficient (Wildman–Crippen LogP) is 3.75. The molecule has 1 atom stereocenters. The SMILES string of the molecule is Cc1ccc(F)c(C2CC(=O)c3c(C)ccnc3C2)c1. The number of carbonyl (C=O) groups excluding carboxylic acids is 1. The highest BCUT2D eigenvalue weighted by atomic mass is 19.1. The molecular formula is C17H16FNO. The molecule has 1 aliphatic carbocycles. The minimum absolute atomic E-state index is 0.0720. The number of hydrogen-bond acceptors (Lipinski definition) is 2. The van der Waals surface area contributed by atoms with Crippen LogP contribution in [0.2, 0.25) is 0 Å². The van der Waals surface area contributed by atoms with Gasteiger partial charge in [-0.1, -0.05) is 17.7 Å². The number of ketones is 1. The van der Waals surface area contributed by atoms with Crippen molar-refractivity contribution in [2.24, 2.45) is 0 Å². The van der Waals surface area contributed by atoms with Gasteiger partial charge in [-0.15, -0.1) is 0 Å². The van der Waals surface area contributed by atoms with Crippen LogP contribution in [0.3, 0.4) is 0 Å². The van der Waals surface area contributed by atoms with E-state index in [1.54, 1.807) is 12.3 Å². The van der Waals surface area contributed by atoms with E-state index in [4.69, 9.17) is 0 Å². The number of carbonyl (C=O) groups is 1. The van der Waals surface area contributed by atoms with E-state index in [0.717, 1.165) is 22.4 Å². The summed E-state index contributed by atoms with van der Waals surface area (Å²) in [5.74, 6) is -0.267. The van der Waals surface area contributed by atoms with Gasteiger partial charge in [0.1, 0.15) is 5.82 Å². The van der Waals surface area contributed by atoms with Crippen molar-refractivity contribution in [1.82, 2.24) is 4.98 Å². The monoisotopic (exact) mass is 269 g/mol. The Morgan fingerprint density at radius 2 is 2.00 bits per heavy atom. The van der Waals surface area contributed by atoms with E-state index in [2.05, 4.69) is 4.98 Å². The zero-order valence-electron chi connectivity index (χ0n) is 11.6. The first kappa shape index (κ1) is 13.0. The minimum atomic E-state index is -0.232. The number of fused-ring (bicyclic) bond motifs is 1. The molecule has 0 saturated heterocycles. The zero-order chi connectivity index (χ0) is 14.3. The Morgan fingerprint density at radius 3 is 2.80 bits per heavy atom. The third-order valence-corrected chi connectivity index (χ3v) is 3.98. The Morgan fingerprint density at radius 1 is 1.20 bits per heavy atom. The van der Waals surface area contributed by atoms with Crippen molar-refractivity contribution in [3.05, 3.63) is 64.2 Å². The molecule has 1 aliphatic rings. The molecule has 3 heteroatoms. The summed E-state index contributed by atoms with van der Waals surface area (Å²) in [5.41, 5.74) is 4.14. The van der Waals surface area contributed by atoms with E-state index in [1.807, 2.05) is 26.0 Å². The van der Waals surface area contributed by atoms with Crippen molar-refractivity contribution in [3.63, 3.8) is 0 Å². The molecule has 0 bridgehead atoms. The van der Waals surface area contributed by atoms with Gasteiger partial charge in [-0.25, -0.2) is 4.39 Å². The molecular weight excluding hydrogens is 253 g/mol. The van der Waals surface area contributed by atoms with Gasteiger partial charge in [0, 0.05) is 18.2 Å². The van der Waals surface area contributed by atoms with E-state index >= 15 is 0 Å². The molecule has 0 spiro atoms. The molecule has 3 rings (SSSR count). The summed E-state index contributed by atoms with van der Waals surface area (Å²) >= 11 is 0. The minimum Gasteiger partial charge on any atom is -0.294 e. The van der Waals surface area contributed by atoms with E-state index < -0.39 is 0 Å². The molecule has 102 valence electrons. The maximum Gasteiger partial charge on any atom is 0.165 e. The van der Waals surface area contributed by atoms with Gasteiger partial charge in [0.05, 0.1) is 5.69 Å². The molecule has 20 heavy (non-hydrogen) atoms. The van der Waals surface area contributed by atoms with Crippen LogP contribution in [0.4, 0.5) is 4.39 Å². The van der Waals surface area contributed by atoms with Crippen molar-refractivity contribution in [2.75, 3.05) is 0 Å². The quantitative estimate of drug-likeness (QED) is 0.789. The van der Waals surface area contributed by atoms with Gasteiger partial charge in [0.25, 0.3) is 0 Å². The molecule has 0 saturated carbocycles. The van der Waals surface area contributed by atoms with Crippen LogP contribution in [0.5, 0.6) is 0 Å². The van der Waals surface area contributed by atoms with Crippen LogP contribution in [-0.4, -0.2) is 10.8 Å². The number of benzene rings is 1. The first-order valence-electron chi connectivity index (χ1n) is 6.80. The van der Waals surface area contributed by atoms with Crippen LogP contribution in [-0.2, 0) is 6.42 Å². The summed E-state index contributed by atoms with van der Waals surface area (Å²) in [7, 11) is 0. The van der Waals surface area contributed by atoms with Gasteiger partial charge in [0.15, 0.2) is 5.78 Å². The van der Waals surface area contributed by atoms with Gasteiger partial charge in [-0.2, -0.15) is 0 Å². The van der Waals surface area contributed by atoms with Crippen LogP contribution >= 0.6 is 0 Å². The van der Waals surface area contributed by atoms with Crippen LogP contribution in [0.1, 0.15) is 45.1 Å². The van der Waals surface area contributed by atoms with Gasteiger partial charge in [0.2, 0.25) is 0 Å². The summed E-state index contributed by atoms with van der Waals surface area (Å²) < 4.78 is 14.0. The zero-order valence-corrected chi connectivity index (χ0v) is 11.6. The number of hydrogen-bond donors (Lipinski definition) is 0. The summed E-state index contributed by atoms with van der Waals surface area (Å²) in [6, 6.07) is 6.92. The summed E-state index contributed by atoms with van der Waals surface area (Å²) in [4.78, 5) is 16.6. The first-order chi connectivity index (χ1) is 9.56. The molecule has 2 nitrogen and oxygen atoms in total. The van der Waals surface area contributed by atoms with Crippen molar-refractivity contribution >= 4 is 5.78 Å². The first-order valence-corrected chi connectivity index (χ1v) is 6.80. The van der Waals surface area contributed by atoms with Gasteiger partial charge in [-0.05, 0) is 49.4 Å². The fraction of sp³-hybridized carbons (Fsp3) is 0.294. The second-order valence-electron chi connectivity index (χ2n) is 5.50. The summed E-state index contributed by atoms with van der Waals surface area (Å²) in [5, 5.41) is 0. The van der Waals surface area contributed by atoms with Crippen molar-refractivity contribution < 1.29 is 9.18 Å². The lowest BCUT2D eigenvalue weighted by Gasteiger charge is -2.24. The standard InChI is InChI=1S/C17H16FNO/c1-10-3-4-14(18)13(7-10)12-8-15-17(16(20)9-12)11(2)5-6-19-15/h3-7,12H,8-9H2,1-2H3. The number of Topliss-reactive ketones (excluding diaryl/α,β-unsaturated/α-hetero) is 1. The predicted molar refractivity (Wildman–Crippen MR) is 75.5 cm³/mol. The molecule has 0 amide bonds. The fourth-order valence-corrected chi connectivity index (χ4v) is 2.98. The molecule has 0 radical (unpaired) electrons. The molecule has 0 fully saturated rings. The summed E-state index contributed by atoms with van der Waals surface area (Å²) in [6.07, 6.45) is 2.71. The number of halogens is 1. The van der Waals surface area contributed by atoms with Crippen LogP contribution < -0.4 is 0 Å². The second-order valence-corrected chi connectivity index (χ2v) is 5.50. The lowest BCUT2D eigenvalue weighted by molar-refractivity contribution is 0.0962. The smallest absolute Gasteiger partial charge is 0.165 e. The van der Waals surface area contributed by atoms with Crippen molar-refractivity contribution in [1.29, 1.82) is 0 Å². The third kappa shape index (κ3) is 2.13. The topological polar surface area (TPSA) is 30.0 Å². The largest absolute Gasteiger partial charge is 0.294 e. The van der Waals surface area contributed by atoms with Crippen LogP contribution in [0.25, 0.3) is 0 Å². The number of aromatic nitrogens is 1. The number of pyridine rings is 1. The highest BCUT2D eigenvalue weighted by Gasteiger charge is 2.29. The molecule has 1 aromatic carbocycles. The lowest BCUT2D eigenvalue weighted by Crippen LogP contribution is -2.22. The average molecular weight is 269 g/mol. The highest BCUT2D eigenvalue weighted by Crippen LogP contribution is 2.34. The Bertz CT molecular complexity index is 693. The second kappa shape index (κ2) is 4.82. The molecule has 1 heterocycles. The number of nitrogens with zero attached hydrogens (tertiary/aromatic N) is 1. The van der Waals surface area contributed by atoms with E-state index in [9.17, 15) is 9.18 Å². The Labute approximate surface area is 117 Å². The maximum atomic E-state index is 14.0. The van der Waals surface area contributed by atoms with Crippen molar-refractivity contribution in [3.8, 4) is 0 Å². The average Bonchev–Trinajstić information content (AvgIpc) is 2.41. The van der Waals surface area contributed by atoms with Gasteiger partial charge < -0.3 is 0 Å². The Kier molecular flexibility index (Phi) is 3.13. The van der Waals surface area contributed by atoms with E-state index in [0.29, 0.717) is 18.4 Å². The molecule has 2 aromatic rings. The molecule has 1 aromatic heterocycles. The highest BCUT2D eigenvalue weighted by molar-refractivity contribution is 6.00. The number of rotatable bonds is 1. The molecule has 0 aliphatic heterocycles. The Hall–Kier alpha value is -2.03. The number of aryl methyl sites for hydroxylation is 2. The lowest BCUT2D eigenvalue weighted by atomic mass is 9.80. The van der Waals surface area contributed by atoms with Crippen molar-refractivity contribution in [2.45, 2.75) is 32.6 Å². The molecule has 1 unspecified atom stereocenters.